The van der Waals surface area contributed by atoms with Crippen molar-refractivity contribution in [2.24, 2.45) is 0 Å². The molecule has 0 aliphatic carbocycles. The van der Waals surface area contributed by atoms with Crippen molar-refractivity contribution in [2.75, 3.05) is 12.0 Å². The quantitative estimate of drug-likeness (QED) is 0.566. The molecule has 0 saturated heterocycles. The van der Waals surface area contributed by atoms with Gasteiger partial charge in [-0.1, -0.05) is 0 Å². The molecule has 3 nitrogen and oxygen atoms in total. The van der Waals surface area contributed by atoms with Crippen LogP contribution < -0.4 is 5.73 Å². The fourth-order valence-corrected chi connectivity index (χ4v) is 1.53. The number of carboxylic acids is 1. The summed E-state index contributed by atoms with van der Waals surface area (Å²) in [6, 6.07) is 2.85. The van der Waals surface area contributed by atoms with E-state index in [1.807, 2.05) is 0 Å². The molecule has 0 saturated carbocycles. The minimum atomic E-state index is -1.30. The first kappa shape index (κ1) is 9.85. The third-order valence-corrected chi connectivity index (χ3v) is 2.35. The van der Waals surface area contributed by atoms with Gasteiger partial charge in [-0.3, -0.25) is 0 Å². The molecule has 0 aromatic heterocycles. The van der Waals surface area contributed by atoms with E-state index in [1.54, 1.807) is 6.26 Å². The Kier molecular flexibility index (Phi) is 2.77. The van der Waals surface area contributed by atoms with E-state index in [0.29, 0.717) is 4.90 Å². The van der Waals surface area contributed by atoms with Crippen LogP contribution in [0.5, 0.6) is 0 Å². The van der Waals surface area contributed by atoms with Crippen molar-refractivity contribution < 1.29 is 14.3 Å². The molecule has 0 unspecified atom stereocenters. The van der Waals surface area contributed by atoms with E-state index < -0.39 is 11.8 Å². The number of halogens is 1. The highest BCUT2D eigenvalue weighted by Gasteiger charge is 2.17. The molecule has 3 N–H and O–H groups in total. The van der Waals surface area contributed by atoms with Crippen LogP contribution in [0.25, 0.3) is 0 Å². The van der Waals surface area contributed by atoms with E-state index >= 15 is 0 Å². The number of anilines is 1. The van der Waals surface area contributed by atoms with E-state index in [4.69, 9.17) is 10.8 Å². The first-order valence-electron chi connectivity index (χ1n) is 3.43. The van der Waals surface area contributed by atoms with Crippen LogP contribution in [0.2, 0.25) is 0 Å². The van der Waals surface area contributed by atoms with E-state index in [2.05, 4.69) is 0 Å². The maximum absolute atomic E-state index is 13.2. The highest BCUT2D eigenvalue weighted by atomic mass is 32.2. The number of carboxylic acid groups (broad SMARTS) is 1. The van der Waals surface area contributed by atoms with Crippen molar-refractivity contribution >= 4 is 23.4 Å². The average molecular weight is 201 g/mol. The molecule has 1 aromatic rings. The predicted molar refractivity (Wildman–Crippen MR) is 49.6 cm³/mol. The van der Waals surface area contributed by atoms with Gasteiger partial charge in [0.25, 0.3) is 0 Å². The van der Waals surface area contributed by atoms with Crippen LogP contribution >= 0.6 is 11.8 Å². The first-order chi connectivity index (χ1) is 6.07. The van der Waals surface area contributed by atoms with Crippen molar-refractivity contribution in [3.63, 3.8) is 0 Å². The number of aromatic carboxylic acids is 1. The van der Waals surface area contributed by atoms with Crippen LogP contribution in [0.4, 0.5) is 10.1 Å². The normalized spacial score (nSPS) is 10.0. The lowest BCUT2D eigenvalue weighted by Gasteiger charge is -2.05. The summed E-state index contributed by atoms with van der Waals surface area (Å²) in [6.07, 6.45) is 1.68. The third-order valence-electron chi connectivity index (χ3n) is 1.57. The summed E-state index contributed by atoms with van der Waals surface area (Å²) in [6.45, 7) is 0. The van der Waals surface area contributed by atoms with Gasteiger partial charge in [-0.05, 0) is 18.4 Å². The molecule has 0 aliphatic rings. The molecule has 13 heavy (non-hydrogen) atoms. The number of hydrogen-bond acceptors (Lipinski definition) is 3. The van der Waals surface area contributed by atoms with E-state index in [9.17, 15) is 9.18 Å². The van der Waals surface area contributed by atoms with Crippen molar-refractivity contribution in [2.45, 2.75) is 4.90 Å². The fraction of sp³-hybridized carbons (Fsp3) is 0.125. The highest BCUT2D eigenvalue weighted by Crippen LogP contribution is 2.26. The lowest BCUT2D eigenvalue weighted by Crippen LogP contribution is -2.05. The second-order valence-corrected chi connectivity index (χ2v) is 3.20. The number of benzene rings is 1. The zero-order chi connectivity index (χ0) is 10.0. The average Bonchev–Trinajstić information content (AvgIpc) is 2.08. The molecule has 1 aromatic carbocycles. The van der Waals surface area contributed by atoms with Gasteiger partial charge < -0.3 is 10.8 Å². The molecule has 0 radical (unpaired) electrons. The summed E-state index contributed by atoms with van der Waals surface area (Å²) >= 11 is 1.17. The standard InChI is InChI=1S/C8H8FNO2S/c1-13-5-3-2-4(10)7(9)6(5)8(11)12/h2-3H,10H2,1H3,(H,11,12). The zero-order valence-electron chi connectivity index (χ0n) is 6.87. The van der Waals surface area contributed by atoms with Gasteiger partial charge in [0.1, 0.15) is 5.56 Å². The maximum atomic E-state index is 13.2. The number of rotatable bonds is 2. The summed E-state index contributed by atoms with van der Waals surface area (Å²) < 4.78 is 13.2. The Morgan fingerprint density at radius 3 is 2.69 bits per heavy atom. The van der Waals surface area contributed by atoms with E-state index in [1.165, 1.54) is 23.9 Å². The van der Waals surface area contributed by atoms with Crippen LogP contribution in [-0.2, 0) is 0 Å². The largest absolute Gasteiger partial charge is 0.478 e. The molecule has 0 amide bonds. The highest BCUT2D eigenvalue weighted by molar-refractivity contribution is 7.98. The fourth-order valence-electron chi connectivity index (χ4n) is 0.944. The molecular weight excluding hydrogens is 193 g/mol. The molecule has 0 spiro atoms. The summed E-state index contributed by atoms with van der Waals surface area (Å²) in [7, 11) is 0. The van der Waals surface area contributed by atoms with Crippen molar-refractivity contribution in [3.8, 4) is 0 Å². The Balaban J connectivity index is 3.41. The number of nitrogen functional groups attached to an aromatic ring is 1. The topological polar surface area (TPSA) is 63.3 Å². The van der Waals surface area contributed by atoms with Gasteiger partial charge >= 0.3 is 5.97 Å². The van der Waals surface area contributed by atoms with Crippen LogP contribution in [0, 0.1) is 5.82 Å². The number of nitrogens with two attached hydrogens (primary N) is 1. The molecule has 0 atom stereocenters. The predicted octanol–water partition coefficient (Wildman–Crippen LogP) is 1.83. The molecule has 5 heteroatoms. The second kappa shape index (κ2) is 3.66. The molecule has 0 bridgehead atoms. The van der Waals surface area contributed by atoms with Crippen molar-refractivity contribution in [1.29, 1.82) is 0 Å². The van der Waals surface area contributed by atoms with Gasteiger partial charge in [-0.2, -0.15) is 0 Å². The van der Waals surface area contributed by atoms with Crippen LogP contribution in [-0.4, -0.2) is 17.3 Å². The Morgan fingerprint density at radius 2 is 2.23 bits per heavy atom. The van der Waals surface area contributed by atoms with Crippen LogP contribution in [0.1, 0.15) is 10.4 Å². The van der Waals surface area contributed by atoms with Crippen LogP contribution in [0.3, 0.4) is 0 Å². The van der Waals surface area contributed by atoms with E-state index in [0.717, 1.165) is 0 Å². The lowest BCUT2D eigenvalue weighted by atomic mass is 10.2. The van der Waals surface area contributed by atoms with Gasteiger partial charge in [0.15, 0.2) is 5.82 Å². The number of carbonyl (C=O) groups is 1. The number of hydrogen-bond donors (Lipinski definition) is 2. The molecule has 0 aliphatic heterocycles. The SMILES string of the molecule is CSc1ccc(N)c(F)c1C(=O)O. The van der Waals surface area contributed by atoms with Crippen LogP contribution in [0.15, 0.2) is 17.0 Å². The van der Waals surface area contributed by atoms with Crippen molar-refractivity contribution in [1.82, 2.24) is 0 Å². The van der Waals surface area contributed by atoms with Gasteiger partial charge in [0.05, 0.1) is 5.69 Å². The van der Waals surface area contributed by atoms with Crippen molar-refractivity contribution in [3.05, 3.63) is 23.5 Å². The summed E-state index contributed by atoms with van der Waals surface area (Å²) in [5.41, 5.74) is 4.74. The minimum absolute atomic E-state index is 0.143. The third kappa shape index (κ3) is 1.75. The molecule has 1 rings (SSSR count). The monoisotopic (exact) mass is 201 g/mol. The van der Waals surface area contributed by atoms with Gasteiger partial charge in [0, 0.05) is 4.90 Å². The van der Waals surface area contributed by atoms with Gasteiger partial charge in [0.2, 0.25) is 0 Å². The second-order valence-electron chi connectivity index (χ2n) is 2.35. The summed E-state index contributed by atoms with van der Waals surface area (Å²) in [5, 5.41) is 8.69. The lowest BCUT2D eigenvalue weighted by molar-refractivity contribution is 0.0688. The molecule has 70 valence electrons. The smallest absolute Gasteiger partial charge is 0.339 e. The molecule has 0 heterocycles. The van der Waals surface area contributed by atoms with Gasteiger partial charge in [-0.15, -0.1) is 11.8 Å². The summed E-state index contributed by atoms with van der Waals surface area (Å²) in [5.74, 6) is -2.16. The Bertz CT molecular complexity index is 354. The van der Waals surface area contributed by atoms with Gasteiger partial charge in [-0.25, -0.2) is 9.18 Å². The Morgan fingerprint density at radius 1 is 1.62 bits per heavy atom. The molecule has 0 fully saturated rings. The van der Waals surface area contributed by atoms with E-state index in [-0.39, 0.29) is 11.3 Å². The summed E-state index contributed by atoms with van der Waals surface area (Å²) in [4.78, 5) is 11.0. The Hall–Kier alpha value is -1.23. The first-order valence-corrected chi connectivity index (χ1v) is 4.65. The Labute approximate surface area is 78.7 Å². The maximum Gasteiger partial charge on any atom is 0.339 e. The number of thioether (sulfide) groups is 1. The minimum Gasteiger partial charge on any atom is -0.478 e. The zero-order valence-corrected chi connectivity index (χ0v) is 7.69. The molecular formula is C8H8FNO2S.